The molecule has 1 aliphatic carbocycles. The zero-order valence-corrected chi connectivity index (χ0v) is 15.5. The Kier molecular flexibility index (Phi) is 5.58. The van der Waals surface area contributed by atoms with E-state index in [2.05, 4.69) is 16.0 Å². The lowest BCUT2D eigenvalue weighted by molar-refractivity contribution is -0.118. The van der Waals surface area contributed by atoms with Gasteiger partial charge in [0.05, 0.1) is 18.7 Å². The molecule has 1 aromatic rings. The van der Waals surface area contributed by atoms with Crippen LogP contribution in [-0.2, 0) is 4.79 Å². The summed E-state index contributed by atoms with van der Waals surface area (Å²) in [5, 5.41) is 10.1. The van der Waals surface area contributed by atoms with Crippen LogP contribution in [0.5, 0.6) is 5.75 Å². The van der Waals surface area contributed by atoms with Crippen LogP contribution in [0.1, 0.15) is 50.6 Å². The van der Waals surface area contributed by atoms with E-state index < -0.39 is 0 Å². The zero-order valence-electron chi connectivity index (χ0n) is 14.7. The van der Waals surface area contributed by atoms with Crippen molar-refractivity contribution in [3.8, 4) is 5.75 Å². The predicted molar refractivity (Wildman–Crippen MR) is 102 cm³/mol. The summed E-state index contributed by atoms with van der Waals surface area (Å²) in [6, 6.07) is 7.73. The van der Waals surface area contributed by atoms with Crippen molar-refractivity contribution in [2.75, 3.05) is 7.11 Å². The first-order chi connectivity index (χ1) is 12.1. The van der Waals surface area contributed by atoms with E-state index in [0.29, 0.717) is 10.7 Å². The van der Waals surface area contributed by atoms with Crippen LogP contribution in [0, 0.1) is 0 Å². The third kappa shape index (κ3) is 4.12. The van der Waals surface area contributed by atoms with Crippen LogP contribution >= 0.6 is 12.2 Å². The molecule has 1 unspecified atom stereocenters. The lowest BCUT2D eigenvalue weighted by atomic mass is 9.92. The molecular formula is C19H25N3O2S. The van der Waals surface area contributed by atoms with Gasteiger partial charge in [-0.05, 0) is 49.7 Å². The van der Waals surface area contributed by atoms with Crippen LogP contribution in [-0.4, -0.2) is 24.2 Å². The van der Waals surface area contributed by atoms with E-state index in [4.69, 9.17) is 17.0 Å². The Labute approximate surface area is 154 Å². The van der Waals surface area contributed by atoms with Crippen LogP contribution in [0.25, 0.3) is 0 Å². The number of carbonyl (C=O) groups is 1. The van der Waals surface area contributed by atoms with Gasteiger partial charge in [-0.2, -0.15) is 0 Å². The van der Waals surface area contributed by atoms with Crippen molar-refractivity contribution in [2.45, 2.75) is 51.1 Å². The van der Waals surface area contributed by atoms with E-state index >= 15 is 0 Å². The van der Waals surface area contributed by atoms with Gasteiger partial charge in [-0.3, -0.25) is 4.79 Å². The second-order valence-electron chi connectivity index (χ2n) is 6.65. The molecule has 0 saturated heterocycles. The fourth-order valence-electron chi connectivity index (χ4n) is 3.55. The van der Waals surface area contributed by atoms with Crippen molar-refractivity contribution in [1.82, 2.24) is 16.0 Å². The van der Waals surface area contributed by atoms with E-state index in [1.807, 2.05) is 31.2 Å². The normalized spacial score (nSPS) is 21.4. The van der Waals surface area contributed by atoms with E-state index in [-0.39, 0.29) is 18.0 Å². The van der Waals surface area contributed by atoms with Crippen molar-refractivity contribution >= 4 is 23.2 Å². The lowest BCUT2D eigenvalue weighted by Gasteiger charge is -2.32. The number of methoxy groups -OCH3 is 1. The molecule has 25 heavy (non-hydrogen) atoms. The van der Waals surface area contributed by atoms with Gasteiger partial charge in [-0.15, -0.1) is 0 Å². The Balaban J connectivity index is 1.84. The fourth-order valence-corrected chi connectivity index (χ4v) is 3.82. The average Bonchev–Trinajstić information content (AvgIpc) is 2.62. The van der Waals surface area contributed by atoms with Crippen molar-refractivity contribution < 1.29 is 9.53 Å². The number of thiocarbonyl (C=S) groups is 1. The molecule has 134 valence electrons. The molecule has 3 N–H and O–H groups in total. The van der Waals surface area contributed by atoms with Crippen molar-refractivity contribution in [2.24, 2.45) is 0 Å². The lowest BCUT2D eigenvalue weighted by Crippen LogP contribution is -2.48. The Bertz CT molecular complexity index is 678. The molecule has 5 nitrogen and oxygen atoms in total. The largest absolute Gasteiger partial charge is 0.497 e. The minimum atomic E-state index is -0.261. The van der Waals surface area contributed by atoms with Gasteiger partial charge in [0, 0.05) is 11.7 Å². The Hall–Kier alpha value is -2.08. The maximum Gasteiger partial charge on any atom is 0.251 e. The minimum absolute atomic E-state index is 0.0206. The van der Waals surface area contributed by atoms with E-state index in [1.165, 1.54) is 19.3 Å². The number of hydrogen-bond donors (Lipinski definition) is 3. The summed E-state index contributed by atoms with van der Waals surface area (Å²) in [6.07, 6.45) is 5.76. The summed E-state index contributed by atoms with van der Waals surface area (Å²) in [4.78, 5) is 13.0. The summed E-state index contributed by atoms with van der Waals surface area (Å²) in [5.74, 6) is 0.766. The molecule has 0 bridgehead atoms. The third-order valence-electron chi connectivity index (χ3n) is 4.90. The van der Waals surface area contributed by atoms with Crippen LogP contribution in [0.4, 0.5) is 0 Å². The molecular weight excluding hydrogens is 334 g/mol. The topological polar surface area (TPSA) is 62.4 Å². The summed E-state index contributed by atoms with van der Waals surface area (Å²) in [7, 11) is 1.64. The Morgan fingerprint density at radius 1 is 1.20 bits per heavy atom. The number of nitrogens with one attached hydrogen (secondary N) is 3. The summed E-state index contributed by atoms with van der Waals surface area (Å²) in [5.41, 5.74) is 2.49. The van der Waals surface area contributed by atoms with Crippen LogP contribution in [0.2, 0.25) is 0 Å². The molecule has 1 fully saturated rings. The predicted octanol–water partition coefficient (Wildman–Crippen LogP) is 2.94. The zero-order chi connectivity index (χ0) is 17.8. The van der Waals surface area contributed by atoms with Crippen LogP contribution in [0.15, 0.2) is 35.5 Å². The number of amides is 1. The maximum atomic E-state index is 13.0. The highest BCUT2D eigenvalue weighted by Gasteiger charge is 2.31. The van der Waals surface area contributed by atoms with Crippen molar-refractivity contribution in [1.29, 1.82) is 0 Å². The molecule has 1 saturated carbocycles. The van der Waals surface area contributed by atoms with Gasteiger partial charge in [0.15, 0.2) is 5.11 Å². The molecule has 1 amide bonds. The van der Waals surface area contributed by atoms with Crippen molar-refractivity contribution in [3.05, 3.63) is 41.1 Å². The Morgan fingerprint density at radius 2 is 1.88 bits per heavy atom. The molecule has 0 radical (unpaired) electrons. The van der Waals surface area contributed by atoms with Crippen LogP contribution < -0.4 is 20.7 Å². The summed E-state index contributed by atoms with van der Waals surface area (Å²) < 4.78 is 5.22. The minimum Gasteiger partial charge on any atom is -0.497 e. The first kappa shape index (κ1) is 17.7. The van der Waals surface area contributed by atoms with Gasteiger partial charge in [0.1, 0.15) is 5.75 Å². The molecule has 1 aromatic carbocycles. The van der Waals surface area contributed by atoms with Gasteiger partial charge in [-0.1, -0.05) is 31.4 Å². The highest BCUT2D eigenvalue weighted by atomic mass is 32.1. The quantitative estimate of drug-likeness (QED) is 0.722. The van der Waals surface area contributed by atoms with Gasteiger partial charge in [0.2, 0.25) is 0 Å². The standard InChI is InChI=1S/C19H25N3O2S/c1-12-16(18(23)21-14-6-4-3-5-7-14)17(22-19(25)20-12)13-8-10-15(24-2)11-9-13/h8-11,14,17H,3-7H2,1-2H3,(H,21,23)(H2,20,22,25). The van der Waals surface area contributed by atoms with E-state index in [9.17, 15) is 4.79 Å². The molecule has 1 heterocycles. The van der Waals surface area contributed by atoms with Gasteiger partial charge in [0.25, 0.3) is 5.91 Å². The number of rotatable bonds is 4. The molecule has 0 aromatic heterocycles. The monoisotopic (exact) mass is 359 g/mol. The molecule has 6 heteroatoms. The molecule has 1 atom stereocenters. The number of hydrogen-bond acceptors (Lipinski definition) is 3. The highest BCUT2D eigenvalue weighted by Crippen LogP contribution is 2.29. The smallest absolute Gasteiger partial charge is 0.251 e. The first-order valence-corrected chi connectivity index (χ1v) is 9.22. The number of carbonyl (C=O) groups excluding carboxylic acids is 1. The van der Waals surface area contributed by atoms with Gasteiger partial charge in [-0.25, -0.2) is 0 Å². The van der Waals surface area contributed by atoms with E-state index in [1.54, 1.807) is 7.11 Å². The molecule has 2 aliphatic rings. The molecule has 3 rings (SSSR count). The molecule has 0 spiro atoms. The SMILES string of the molecule is COc1ccc(C2NC(=S)NC(C)=C2C(=O)NC2CCCCC2)cc1. The second kappa shape index (κ2) is 7.87. The number of benzene rings is 1. The summed E-state index contributed by atoms with van der Waals surface area (Å²) in [6.45, 7) is 1.90. The maximum absolute atomic E-state index is 13.0. The second-order valence-corrected chi connectivity index (χ2v) is 7.06. The van der Waals surface area contributed by atoms with E-state index in [0.717, 1.165) is 29.9 Å². The third-order valence-corrected chi connectivity index (χ3v) is 5.12. The first-order valence-electron chi connectivity index (χ1n) is 8.81. The van der Waals surface area contributed by atoms with Crippen LogP contribution in [0.3, 0.4) is 0 Å². The fraction of sp³-hybridized carbons (Fsp3) is 0.474. The number of allylic oxidation sites excluding steroid dienone is 1. The molecule has 1 aliphatic heterocycles. The Morgan fingerprint density at radius 3 is 2.52 bits per heavy atom. The van der Waals surface area contributed by atoms with Gasteiger partial charge >= 0.3 is 0 Å². The average molecular weight is 359 g/mol. The number of ether oxygens (including phenoxy) is 1. The van der Waals surface area contributed by atoms with Crippen molar-refractivity contribution in [3.63, 3.8) is 0 Å². The van der Waals surface area contributed by atoms with Gasteiger partial charge < -0.3 is 20.7 Å². The summed E-state index contributed by atoms with van der Waals surface area (Å²) >= 11 is 5.30. The highest BCUT2D eigenvalue weighted by molar-refractivity contribution is 7.80.